The number of allylic oxidation sites excluding steroid dienone is 2. The smallest absolute Gasteiger partial charge is 0.212 e. The number of hydrogen-bond acceptors (Lipinski definition) is 0. The van der Waals surface area contributed by atoms with Crippen molar-refractivity contribution in [1.82, 2.24) is 0 Å². The van der Waals surface area contributed by atoms with Crippen LogP contribution in [-0.4, -0.2) is 5.92 Å². The lowest BCUT2D eigenvalue weighted by molar-refractivity contribution is 0.0747. The Bertz CT molecular complexity index is 110. The van der Waals surface area contributed by atoms with E-state index in [0.29, 0.717) is 13.0 Å². The molecular weight excluding hydrogens is 129 g/mol. The van der Waals surface area contributed by atoms with Gasteiger partial charge in [-0.2, -0.15) is 0 Å². The topological polar surface area (TPSA) is 0 Å². The summed E-state index contributed by atoms with van der Waals surface area (Å²) in [5.74, 6) is -3.78. The summed E-state index contributed by atoms with van der Waals surface area (Å²) < 4.78 is 35.7. The third-order valence-electron chi connectivity index (χ3n) is 0.748. The van der Waals surface area contributed by atoms with Crippen molar-refractivity contribution in [1.29, 1.82) is 0 Å². The fraction of sp³-hybridized carbons (Fsp3) is 0.667. The molecule has 0 rings (SSSR count). The number of rotatable bonds is 2. The van der Waals surface area contributed by atoms with Crippen LogP contribution in [0.5, 0.6) is 0 Å². The first-order chi connectivity index (χ1) is 3.95. The van der Waals surface area contributed by atoms with E-state index in [9.17, 15) is 13.2 Å². The van der Waals surface area contributed by atoms with Gasteiger partial charge in [0, 0.05) is 13.0 Å². The Labute approximate surface area is 52.4 Å². The summed E-state index contributed by atoms with van der Waals surface area (Å²) >= 11 is 0. The molecule has 0 aliphatic rings. The highest BCUT2D eigenvalue weighted by molar-refractivity contribution is 4.97. The van der Waals surface area contributed by atoms with E-state index in [1.807, 2.05) is 0 Å². The molecule has 0 unspecified atom stereocenters. The van der Waals surface area contributed by atoms with E-state index < -0.39 is 11.7 Å². The van der Waals surface area contributed by atoms with Crippen LogP contribution in [0.3, 0.4) is 0 Å². The van der Waals surface area contributed by atoms with Crippen LogP contribution in [0.4, 0.5) is 13.2 Å². The molecule has 0 saturated carbocycles. The first kappa shape index (κ1) is 8.53. The molecule has 0 aromatic rings. The fourth-order valence-corrected chi connectivity index (χ4v) is 0.377. The Morgan fingerprint density at radius 3 is 2.11 bits per heavy atom. The molecule has 0 radical (unpaired) electrons. The predicted octanol–water partition coefficient (Wildman–Crippen LogP) is 2.91. The number of halogens is 3. The third-order valence-corrected chi connectivity index (χ3v) is 0.748. The van der Waals surface area contributed by atoms with Crippen molar-refractivity contribution in [2.45, 2.75) is 26.2 Å². The maximum atomic E-state index is 12.0. The van der Waals surface area contributed by atoms with Crippen molar-refractivity contribution in [3.05, 3.63) is 11.9 Å². The van der Waals surface area contributed by atoms with Crippen LogP contribution in [0, 0.1) is 0 Å². The Balaban J connectivity index is 3.95. The van der Waals surface area contributed by atoms with E-state index in [1.54, 1.807) is 0 Å². The molecule has 0 spiro atoms. The third kappa shape index (κ3) is 5.40. The maximum absolute atomic E-state index is 12.0. The molecule has 0 aliphatic heterocycles. The molecule has 0 N–H and O–H groups in total. The molecule has 0 fully saturated rings. The lowest BCUT2D eigenvalue weighted by Crippen LogP contribution is -2.04. The summed E-state index contributed by atoms with van der Waals surface area (Å²) in [6.45, 7) is 2.14. The van der Waals surface area contributed by atoms with Gasteiger partial charge in [0.15, 0.2) is 0 Å². The van der Waals surface area contributed by atoms with E-state index in [4.69, 9.17) is 0 Å². The molecule has 0 bridgehead atoms. The van der Waals surface area contributed by atoms with Crippen LogP contribution in [0.15, 0.2) is 11.9 Å². The van der Waals surface area contributed by atoms with Gasteiger partial charge in [-0.15, -0.1) is 0 Å². The van der Waals surface area contributed by atoms with Gasteiger partial charge < -0.3 is 0 Å². The van der Waals surface area contributed by atoms with Gasteiger partial charge in [0.1, 0.15) is 5.83 Å². The van der Waals surface area contributed by atoms with Gasteiger partial charge in [0.05, 0.1) is 0 Å². The van der Waals surface area contributed by atoms with Crippen molar-refractivity contribution in [3.63, 3.8) is 0 Å². The molecule has 0 aliphatic carbocycles. The van der Waals surface area contributed by atoms with Crippen LogP contribution in [0.2, 0.25) is 0 Å². The van der Waals surface area contributed by atoms with Crippen LogP contribution in [-0.2, 0) is 0 Å². The summed E-state index contributed by atoms with van der Waals surface area (Å²) in [6.07, 6.45) is 0.358. The van der Waals surface area contributed by atoms with Crippen LogP contribution in [0.1, 0.15) is 20.3 Å². The highest BCUT2D eigenvalue weighted by atomic mass is 19.3. The van der Waals surface area contributed by atoms with Crippen molar-refractivity contribution in [2.75, 3.05) is 0 Å². The lowest BCUT2D eigenvalue weighted by atomic mass is 10.3. The standard InChI is InChI=1S/C6H9F3/c1-3-5(7)4-6(2,8)9/h4H,3H2,1-2H3/b5-4-. The van der Waals surface area contributed by atoms with E-state index in [2.05, 4.69) is 0 Å². The predicted molar refractivity (Wildman–Crippen MR) is 30.1 cm³/mol. The molecule has 3 heteroatoms. The second kappa shape index (κ2) is 2.90. The second-order valence-electron chi connectivity index (χ2n) is 1.90. The van der Waals surface area contributed by atoms with Crippen molar-refractivity contribution in [2.24, 2.45) is 0 Å². The zero-order valence-electron chi connectivity index (χ0n) is 5.42. The van der Waals surface area contributed by atoms with Gasteiger partial charge in [-0.05, 0) is 6.42 Å². The Morgan fingerprint density at radius 1 is 1.56 bits per heavy atom. The van der Waals surface area contributed by atoms with Crippen LogP contribution in [0.25, 0.3) is 0 Å². The first-order valence-corrected chi connectivity index (χ1v) is 2.70. The minimum absolute atomic E-state index is 0.0312. The normalized spacial score (nSPS) is 14.1. The first-order valence-electron chi connectivity index (χ1n) is 2.70. The van der Waals surface area contributed by atoms with Gasteiger partial charge in [0.2, 0.25) is 0 Å². The molecule has 9 heavy (non-hydrogen) atoms. The Hall–Kier alpha value is -0.470. The molecule has 0 aromatic carbocycles. The van der Waals surface area contributed by atoms with Gasteiger partial charge >= 0.3 is 0 Å². The number of hydrogen-bond donors (Lipinski definition) is 0. The van der Waals surface area contributed by atoms with Crippen LogP contribution < -0.4 is 0 Å². The van der Waals surface area contributed by atoms with E-state index in [1.165, 1.54) is 6.92 Å². The summed E-state index contributed by atoms with van der Waals surface area (Å²) in [6, 6.07) is 0. The van der Waals surface area contributed by atoms with Gasteiger partial charge in [-0.3, -0.25) is 0 Å². The highest BCUT2D eigenvalue weighted by Crippen LogP contribution is 2.17. The Kier molecular flexibility index (Phi) is 2.74. The second-order valence-corrected chi connectivity index (χ2v) is 1.90. The zero-order chi connectivity index (χ0) is 7.49. The van der Waals surface area contributed by atoms with E-state index in [-0.39, 0.29) is 6.42 Å². The molecule has 0 saturated heterocycles. The van der Waals surface area contributed by atoms with E-state index in [0.717, 1.165) is 0 Å². The Morgan fingerprint density at radius 2 is 2.00 bits per heavy atom. The average molecular weight is 138 g/mol. The SMILES string of the molecule is CC/C(F)=C/C(C)(F)F. The molecule has 0 aromatic heterocycles. The maximum Gasteiger partial charge on any atom is 0.266 e. The number of alkyl halides is 2. The van der Waals surface area contributed by atoms with Gasteiger partial charge in [-0.25, -0.2) is 13.2 Å². The average Bonchev–Trinajstić information content (AvgIpc) is 1.62. The summed E-state index contributed by atoms with van der Waals surface area (Å²) in [5.41, 5.74) is 0. The summed E-state index contributed by atoms with van der Waals surface area (Å²) in [4.78, 5) is 0. The lowest BCUT2D eigenvalue weighted by Gasteiger charge is -2.01. The molecule has 0 nitrogen and oxygen atoms in total. The summed E-state index contributed by atoms with van der Waals surface area (Å²) in [5, 5.41) is 0. The highest BCUT2D eigenvalue weighted by Gasteiger charge is 2.17. The van der Waals surface area contributed by atoms with Crippen molar-refractivity contribution in [3.8, 4) is 0 Å². The quantitative estimate of drug-likeness (QED) is 0.550. The van der Waals surface area contributed by atoms with Crippen molar-refractivity contribution < 1.29 is 13.2 Å². The fourth-order valence-electron chi connectivity index (χ4n) is 0.377. The molecular formula is C6H9F3. The summed E-state index contributed by atoms with van der Waals surface area (Å²) in [7, 11) is 0. The molecule has 0 amide bonds. The zero-order valence-corrected chi connectivity index (χ0v) is 5.42. The van der Waals surface area contributed by atoms with Gasteiger partial charge in [0.25, 0.3) is 5.92 Å². The monoisotopic (exact) mass is 138 g/mol. The molecule has 0 atom stereocenters. The minimum Gasteiger partial charge on any atom is -0.212 e. The van der Waals surface area contributed by atoms with Crippen LogP contribution >= 0.6 is 0 Å². The van der Waals surface area contributed by atoms with Crippen molar-refractivity contribution >= 4 is 0 Å². The minimum atomic E-state index is -3.01. The van der Waals surface area contributed by atoms with Gasteiger partial charge in [-0.1, -0.05) is 6.92 Å². The largest absolute Gasteiger partial charge is 0.266 e. The van der Waals surface area contributed by atoms with E-state index >= 15 is 0 Å². The molecule has 0 heterocycles. The molecule has 54 valence electrons.